The Labute approximate surface area is 117 Å². The molecule has 0 aliphatic heterocycles. The van der Waals surface area contributed by atoms with E-state index in [1.165, 1.54) is 0 Å². The topological polar surface area (TPSA) is 74.6 Å². The van der Waals surface area contributed by atoms with Crippen LogP contribution < -0.4 is 0 Å². The van der Waals surface area contributed by atoms with Gasteiger partial charge in [0.15, 0.2) is 5.41 Å². The molecule has 0 aliphatic carbocycles. The lowest BCUT2D eigenvalue weighted by molar-refractivity contribution is -0.174. The van der Waals surface area contributed by atoms with Crippen LogP contribution in [0.4, 0.5) is 0 Å². The first-order valence-electron chi connectivity index (χ1n) is 5.87. The molecule has 0 aromatic carbocycles. The fourth-order valence-corrected chi connectivity index (χ4v) is 2.27. The summed E-state index contributed by atoms with van der Waals surface area (Å²) < 4.78 is 0. The van der Waals surface area contributed by atoms with Gasteiger partial charge in [0.2, 0.25) is 0 Å². The highest BCUT2D eigenvalue weighted by Crippen LogP contribution is 2.47. The van der Waals surface area contributed by atoms with Crippen molar-refractivity contribution < 1.29 is 19.8 Å². The van der Waals surface area contributed by atoms with Crippen LogP contribution in [-0.2, 0) is 9.59 Å². The third kappa shape index (κ3) is 3.25. The van der Waals surface area contributed by atoms with Crippen LogP contribution in [0.3, 0.4) is 0 Å². The van der Waals surface area contributed by atoms with Gasteiger partial charge in [-0.25, -0.2) is 0 Å². The molecule has 0 bridgehead atoms. The lowest BCUT2D eigenvalue weighted by Crippen LogP contribution is -2.52. The molecule has 4 nitrogen and oxygen atoms in total. The molecule has 0 heterocycles. The molecule has 0 rings (SSSR count). The summed E-state index contributed by atoms with van der Waals surface area (Å²) in [5.41, 5.74) is -2.88. The summed E-state index contributed by atoms with van der Waals surface area (Å²) in [7, 11) is 0. The number of carbonyl (C=O) groups is 2. The molecule has 0 radical (unpaired) electrons. The summed E-state index contributed by atoms with van der Waals surface area (Å²) in [4.78, 5) is 22.9. The molecule has 106 valence electrons. The fourth-order valence-electron chi connectivity index (χ4n) is 1.79. The van der Waals surface area contributed by atoms with Gasteiger partial charge in [0.25, 0.3) is 0 Å². The third-order valence-electron chi connectivity index (χ3n) is 3.44. The number of alkyl halides is 1. The van der Waals surface area contributed by atoms with Crippen molar-refractivity contribution in [2.75, 3.05) is 0 Å². The molecule has 0 aromatic rings. The number of hydrogen-bond donors (Lipinski definition) is 2. The Balaban J connectivity index is 5.64. The SMILES string of the molecule is CC(C)(C)C(Br)CC(C(=O)O)(C(=O)O)C(C)(C)C. The zero-order chi connectivity index (χ0) is 14.9. The molecular weight excluding hydrogens is 300 g/mol. The van der Waals surface area contributed by atoms with Crippen LogP contribution >= 0.6 is 15.9 Å². The summed E-state index contributed by atoms with van der Waals surface area (Å²) in [5, 5.41) is 18.9. The molecule has 0 saturated carbocycles. The van der Waals surface area contributed by atoms with Crippen molar-refractivity contribution in [3.63, 3.8) is 0 Å². The predicted octanol–water partition coefficient (Wildman–Crippen LogP) is 3.39. The summed E-state index contributed by atoms with van der Waals surface area (Å²) in [6.07, 6.45) is 0.0463. The van der Waals surface area contributed by atoms with Gasteiger partial charge in [0.05, 0.1) is 0 Å². The van der Waals surface area contributed by atoms with Crippen LogP contribution in [0.2, 0.25) is 0 Å². The molecule has 0 aromatic heterocycles. The van der Waals surface area contributed by atoms with E-state index in [0.29, 0.717) is 0 Å². The minimum atomic E-state index is -1.80. The Morgan fingerprint density at radius 1 is 1.00 bits per heavy atom. The molecule has 0 spiro atoms. The van der Waals surface area contributed by atoms with Crippen molar-refractivity contribution in [2.45, 2.75) is 52.8 Å². The first-order chi connectivity index (χ1) is 7.76. The third-order valence-corrected chi connectivity index (χ3v) is 5.13. The number of aliphatic carboxylic acids is 2. The van der Waals surface area contributed by atoms with Gasteiger partial charge in [0.1, 0.15) is 0 Å². The molecule has 0 amide bonds. The van der Waals surface area contributed by atoms with E-state index in [1.54, 1.807) is 20.8 Å². The Morgan fingerprint density at radius 3 is 1.50 bits per heavy atom. The van der Waals surface area contributed by atoms with E-state index < -0.39 is 22.8 Å². The average molecular weight is 323 g/mol. The van der Waals surface area contributed by atoms with E-state index in [9.17, 15) is 19.8 Å². The Kier molecular flexibility index (Phi) is 5.03. The molecule has 1 atom stereocenters. The summed E-state index contributed by atoms with van der Waals surface area (Å²) in [5.74, 6) is -2.56. The monoisotopic (exact) mass is 322 g/mol. The van der Waals surface area contributed by atoms with Gasteiger partial charge < -0.3 is 10.2 Å². The highest BCUT2D eigenvalue weighted by molar-refractivity contribution is 9.09. The molecule has 0 aliphatic rings. The first-order valence-corrected chi connectivity index (χ1v) is 6.79. The number of carboxylic acid groups (broad SMARTS) is 2. The minimum Gasteiger partial charge on any atom is -0.480 e. The van der Waals surface area contributed by atoms with Crippen LogP contribution in [0.5, 0.6) is 0 Å². The van der Waals surface area contributed by atoms with Crippen molar-refractivity contribution in [3.8, 4) is 0 Å². The van der Waals surface area contributed by atoms with Crippen LogP contribution in [0.1, 0.15) is 48.0 Å². The van der Waals surface area contributed by atoms with Gasteiger partial charge >= 0.3 is 11.9 Å². The number of rotatable bonds is 4. The van der Waals surface area contributed by atoms with Gasteiger partial charge in [0, 0.05) is 4.83 Å². The van der Waals surface area contributed by atoms with Crippen LogP contribution in [0.25, 0.3) is 0 Å². The molecule has 0 fully saturated rings. The van der Waals surface area contributed by atoms with E-state index in [4.69, 9.17) is 0 Å². The Bertz CT molecular complexity index is 322. The Morgan fingerprint density at radius 2 is 1.33 bits per heavy atom. The van der Waals surface area contributed by atoms with Gasteiger partial charge in [-0.15, -0.1) is 0 Å². The molecule has 5 heteroatoms. The van der Waals surface area contributed by atoms with E-state index in [1.807, 2.05) is 20.8 Å². The molecular formula is C13H23BrO4. The smallest absolute Gasteiger partial charge is 0.321 e. The predicted molar refractivity (Wildman–Crippen MR) is 73.9 cm³/mol. The second-order valence-corrected chi connectivity index (χ2v) is 7.91. The normalized spacial score (nSPS) is 15.3. The molecule has 2 N–H and O–H groups in total. The second kappa shape index (κ2) is 5.19. The zero-order valence-corrected chi connectivity index (χ0v) is 13.5. The summed E-state index contributed by atoms with van der Waals surface area (Å²) in [6.45, 7) is 10.8. The summed E-state index contributed by atoms with van der Waals surface area (Å²) >= 11 is 3.44. The number of carboxylic acids is 2. The molecule has 0 saturated heterocycles. The van der Waals surface area contributed by atoms with E-state index in [0.717, 1.165) is 0 Å². The van der Waals surface area contributed by atoms with E-state index in [2.05, 4.69) is 15.9 Å². The second-order valence-electron chi connectivity index (χ2n) is 6.80. The van der Waals surface area contributed by atoms with Crippen molar-refractivity contribution in [3.05, 3.63) is 0 Å². The lowest BCUT2D eigenvalue weighted by atomic mass is 9.62. The van der Waals surface area contributed by atoms with Gasteiger partial charge in [-0.3, -0.25) is 9.59 Å². The standard InChI is InChI=1S/C13H23BrO4/c1-11(2,3)8(14)7-13(9(15)16,10(17)18)12(4,5)6/h8H,7H2,1-6H3,(H,15,16)(H,17,18). The molecule has 18 heavy (non-hydrogen) atoms. The van der Waals surface area contributed by atoms with Gasteiger partial charge in [-0.2, -0.15) is 0 Å². The van der Waals surface area contributed by atoms with Crippen LogP contribution in [0.15, 0.2) is 0 Å². The lowest BCUT2D eigenvalue weighted by Gasteiger charge is -2.41. The van der Waals surface area contributed by atoms with Crippen molar-refractivity contribution in [1.29, 1.82) is 0 Å². The number of hydrogen-bond acceptors (Lipinski definition) is 2. The van der Waals surface area contributed by atoms with Crippen molar-refractivity contribution >= 4 is 27.9 Å². The highest BCUT2D eigenvalue weighted by atomic mass is 79.9. The largest absolute Gasteiger partial charge is 0.480 e. The van der Waals surface area contributed by atoms with Crippen LogP contribution in [-0.4, -0.2) is 27.0 Å². The van der Waals surface area contributed by atoms with Crippen molar-refractivity contribution in [2.24, 2.45) is 16.2 Å². The van der Waals surface area contributed by atoms with E-state index >= 15 is 0 Å². The first kappa shape index (κ1) is 17.4. The minimum absolute atomic E-state index is 0.0463. The van der Waals surface area contributed by atoms with Gasteiger partial charge in [-0.1, -0.05) is 57.5 Å². The molecule has 1 unspecified atom stereocenters. The average Bonchev–Trinajstić information content (AvgIpc) is 2.08. The van der Waals surface area contributed by atoms with E-state index in [-0.39, 0.29) is 16.7 Å². The maximum absolute atomic E-state index is 11.6. The maximum Gasteiger partial charge on any atom is 0.321 e. The Hall–Kier alpha value is -0.580. The highest BCUT2D eigenvalue weighted by Gasteiger charge is 2.57. The van der Waals surface area contributed by atoms with Crippen molar-refractivity contribution in [1.82, 2.24) is 0 Å². The summed E-state index contributed by atoms with van der Waals surface area (Å²) in [6, 6.07) is 0. The van der Waals surface area contributed by atoms with Crippen LogP contribution in [0, 0.1) is 16.2 Å². The zero-order valence-electron chi connectivity index (χ0n) is 11.9. The quantitative estimate of drug-likeness (QED) is 0.614. The maximum atomic E-state index is 11.6. The fraction of sp³-hybridized carbons (Fsp3) is 0.846. The van der Waals surface area contributed by atoms with Gasteiger partial charge in [-0.05, 0) is 17.3 Å². The number of halogens is 1.